The summed E-state index contributed by atoms with van der Waals surface area (Å²) in [4.78, 5) is 28.3. The molecule has 2 aromatic rings. The summed E-state index contributed by atoms with van der Waals surface area (Å²) in [7, 11) is 0. The molecule has 1 aromatic heterocycles. The van der Waals surface area contributed by atoms with E-state index in [1.54, 1.807) is 0 Å². The number of aromatic nitrogens is 1. The number of hydrogen-bond donors (Lipinski definition) is 2. The highest BCUT2D eigenvalue weighted by Gasteiger charge is 2.17. The fraction of sp³-hybridized carbons (Fsp3) is 0.368. The molecule has 5 nitrogen and oxygen atoms in total. The number of nitrogens with zero attached hydrogens (tertiary/aromatic N) is 1. The molecule has 2 heterocycles. The van der Waals surface area contributed by atoms with Crippen LogP contribution in [0.4, 0.5) is 5.69 Å². The van der Waals surface area contributed by atoms with E-state index in [1.165, 1.54) is 30.2 Å². The summed E-state index contributed by atoms with van der Waals surface area (Å²) in [6.07, 6.45) is 3.11. The average molecular weight is 326 g/mol. The number of nitrogens with one attached hydrogen (secondary N) is 1. The van der Waals surface area contributed by atoms with Crippen molar-refractivity contribution in [1.82, 2.24) is 4.98 Å². The number of benzene rings is 1. The van der Waals surface area contributed by atoms with Crippen molar-refractivity contribution >= 4 is 11.7 Å². The van der Waals surface area contributed by atoms with Crippen LogP contribution in [0.5, 0.6) is 0 Å². The van der Waals surface area contributed by atoms with Crippen molar-refractivity contribution in [1.29, 1.82) is 0 Å². The number of H-pyrrole nitrogens is 1. The Morgan fingerprint density at radius 1 is 1.25 bits per heavy atom. The Hall–Kier alpha value is -2.56. The third kappa shape index (κ3) is 2.94. The molecule has 1 aromatic carbocycles. The zero-order chi connectivity index (χ0) is 17.3. The molecule has 0 bridgehead atoms. The molecule has 0 amide bonds. The van der Waals surface area contributed by atoms with Crippen LogP contribution in [0.25, 0.3) is 11.3 Å². The lowest BCUT2D eigenvalue weighted by Gasteiger charge is -2.21. The van der Waals surface area contributed by atoms with Crippen LogP contribution in [0.3, 0.4) is 0 Å². The fourth-order valence-corrected chi connectivity index (χ4v) is 3.39. The Morgan fingerprint density at radius 2 is 1.96 bits per heavy atom. The number of aromatic carboxylic acids is 1. The Kier molecular flexibility index (Phi) is 4.42. The first-order valence-corrected chi connectivity index (χ1v) is 8.36. The molecule has 24 heavy (non-hydrogen) atoms. The van der Waals surface area contributed by atoms with E-state index in [2.05, 4.69) is 28.9 Å². The number of pyridine rings is 1. The van der Waals surface area contributed by atoms with Crippen molar-refractivity contribution in [2.24, 2.45) is 0 Å². The minimum atomic E-state index is -1.20. The van der Waals surface area contributed by atoms with E-state index in [-0.39, 0.29) is 5.56 Å². The largest absolute Gasteiger partial charge is 0.477 e. The van der Waals surface area contributed by atoms with Crippen LogP contribution in [0.2, 0.25) is 0 Å². The van der Waals surface area contributed by atoms with Crippen LogP contribution in [-0.2, 0) is 6.42 Å². The number of carbonyl (C=O) groups is 1. The number of aromatic amines is 1. The smallest absolute Gasteiger partial charge is 0.341 e. The quantitative estimate of drug-likeness (QED) is 0.905. The molecule has 0 unspecified atom stereocenters. The molecule has 1 fully saturated rings. The summed E-state index contributed by atoms with van der Waals surface area (Å²) in [5.74, 6) is -1.20. The van der Waals surface area contributed by atoms with E-state index < -0.39 is 11.5 Å². The third-order valence-electron chi connectivity index (χ3n) is 4.67. The highest BCUT2D eigenvalue weighted by molar-refractivity contribution is 5.88. The highest BCUT2D eigenvalue weighted by atomic mass is 16.4. The number of carboxylic acids is 1. The second-order valence-corrected chi connectivity index (χ2v) is 6.27. The summed E-state index contributed by atoms with van der Waals surface area (Å²) < 4.78 is 0. The summed E-state index contributed by atoms with van der Waals surface area (Å²) in [5.41, 5.74) is 4.10. The Morgan fingerprint density at radius 3 is 2.54 bits per heavy atom. The molecule has 0 radical (unpaired) electrons. The van der Waals surface area contributed by atoms with Crippen molar-refractivity contribution in [3.05, 3.63) is 51.3 Å². The van der Waals surface area contributed by atoms with Gasteiger partial charge in [-0.15, -0.1) is 0 Å². The first-order chi connectivity index (χ1) is 11.5. The first kappa shape index (κ1) is 16.3. The molecule has 2 N–H and O–H groups in total. The van der Waals surface area contributed by atoms with Crippen molar-refractivity contribution in [2.75, 3.05) is 18.0 Å². The molecular weight excluding hydrogens is 304 g/mol. The van der Waals surface area contributed by atoms with E-state index in [4.69, 9.17) is 5.11 Å². The molecule has 5 heteroatoms. The Balaban J connectivity index is 2.05. The maximum absolute atomic E-state index is 12.0. The van der Waals surface area contributed by atoms with Crippen LogP contribution >= 0.6 is 0 Å². The second kappa shape index (κ2) is 6.51. The van der Waals surface area contributed by atoms with Gasteiger partial charge in [0.05, 0.1) is 5.69 Å². The highest BCUT2D eigenvalue weighted by Crippen LogP contribution is 2.29. The molecule has 1 saturated heterocycles. The third-order valence-corrected chi connectivity index (χ3v) is 4.67. The molecule has 0 spiro atoms. The summed E-state index contributed by atoms with van der Waals surface area (Å²) >= 11 is 0. The molecule has 0 aliphatic carbocycles. The second-order valence-electron chi connectivity index (χ2n) is 6.27. The van der Waals surface area contributed by atoms with Gasteiger partial charge in [0.1, 0.15) is 5.56 Å². The zero-order valence-electron chi connectivity index (χ0n) is 14.1. The van der Waals surface area contributed by atoms with Gasteiger partial charge in [-0.1, -0.05) is 13.0 Å². The normalized spacial score (nSPS) is 14.2. The molecule has 0 atom stereocenters. The Labute approximate surface area is 140 Å². The van der Waals surface area contributed by atoms with E-state index in [0.717, 1.165) is 24.2 Å². The van der Waals surface area contributed by atoms with Gasteiger partial charge < -0.3 is 15.0 Å². The lowest BCUT2D eigenvalue weighted by molar-refractivity contribution is 0.0695. The average Bonchev–Trinajstić information content (AvgIpc) is 3.08. The SMILES string of the molecule is CCc1cc(C(=O)O)c(=O)[nH]c1-c1ccc(N2CCCC2)c(C)c1. The zero-order valence-corrected chi connectivity index (χ0v) is 14.1. The van der Waals surface area contributed by atoms with E-state index in [0.29, 0.717) is 12.1 Å². The van der Waals surface area contributed by atoms with Crippen molar-refractivity contribution in [3.8, 4) is 11.3 Å². The molecule has 0 saturated carbocycles. The van der Waals surface area contributed by atoms with Gasteiger partial charge in [-0.3, -0.25) is 4.79 Å². The summed E-state index contributed by atoms with van der Waals surface area (Å²) in [6.45, 7) is 6.20. The number of hydrogen-bond acceptors (Lipinski definition) is 3. The predicted octanol–water partition coefficient (Wildman–Crippen LogP) is 3.21. The van der Waals surface area contributed by atoms with Gasteiger partial charge in [0.25, 0.3) is 5.56 Å². The molecule has 126 valence electrons. The number of anilines is 1. The van der Waals surface area contributed by atoms with Crippen molar-refractivity contribution < 1.29 is 9.90 Å². The van der Waals surface area contributed by atoms with Gasteiger partial charge in [-0.25, -0.2) is 4.79 Å². The first-order valence-electron chi connectivity index (χ1n) is 8.36. The molecule has 3 rings (SSSR count). The monoisotopic (exact) mass is 326 g/mol. The lowest BCUT2D eigenvalue weighted by Crippen LogP contribution is -2.20. The fourth-order valence-electron chi connectivity index (χ4n) is 3.39. The van der Waals surface area contributed by atoms with E-state index >= 15 is 0 Å². The van der Waals surface area contributed by atoms with E-state index in [1.807, 2.05) is 13.0 Å². The lowest BCUT2D eigenvalue weighted by atomic mass is 9.99. The van der Waals surface area contributed by atoms with Crippen LogP contribution < -0.4 is 10.5 Å². The molecule has 1 aliphatic rings. The van der Waals surface area contributed by atoms with Crippen LogP contribution in [-0.4, -0.2) is 29.1 Å². The van der Waals surface area contributed by atoms with Gasteiger partial charge in [0.2, 0.25) is 0 Å². The van der Waals surface area contributed by atoms with Gasteiger partial charge in [0, 0.05) is 18.8 Å². The van der Waals surface area contributed by atoms with Crippen molar-refractivity contribution in [2.45, 2.75) is 33.1 Å². The minimum absolute atomic E-state index is 0.207. The van der Waals surface area contributed by atoms with E-state index in [9.17, 15) is 9.59 Å². The number of carboxylic acid groups (broad SMARTS) is 1. The number of aryl methyl sites for hydroxylation is 2. The van der Waals surface area contributed by atoms with Crippen LogP contribution in [0, 0.1) is 6.92 Å². The van der Waals surface area contributed by atoms with Gasteiger partial charge in [-0.05, 0) is 61.1 Å². The van der Waals surface area contributed by atoms with Gasteiger partial charge in [0.15, 0.2) is 0 Å². The van der Waals surface area contributed by atoms with Crippen molar-refractivity contribution in [3.63, 3.8) is 0 Å². The summed E-state index contributed by atoms with van der Waals surface area (Å²) in [5, 5.41) is 9.12. The Bertz CT molecular complexity index is 833. The van der Waals surface area contributed by atoms with Gasteiger partial charge >= 0.3 is 5.97 Å². The summed E-state index contributed by atoms with van der Waals surface area (Å²) in [6, 6.07) is 7.66. The number of rotatable bonds is 4. The minimum Gasteiger partial charge on any atom is -0.477 e. The van der Waals surface area contributed by atoms with Crippen LogP contribution in [0.1, 0.15) is 41.3 Å². The molecule has 1 aliphatic heterocycles. The predicted molar refractivity (Wildman–Crippen MR) is 95.0 cm³/mol. The standard InChI is InChI=1S/C19H22N2O3/c1-3-13-11-15(19(23)24)18(22)20-17(13)14-6-7-16(12(2)10-14)21-8-4-5-9-21/h6-7,10-11H,3-5,8-9H2,1-2H3,(H,20,22)(H,23,24). The molecular formula is C19H22N2O3. The topological polar surface area (TPSA) is 73.4 Å². The van der Waals surface area contributed by atoms with Crippen LogP contribution in [0.15, 0.2) is 29.1 Å². The maximum Gasteiger partial charge on any atom is 0.341 e. The van der Waals surface area contributed by atoms with Gasteiger partial charge in [-0.2, -0.15) is 0 Å². The maximum atomic E-state index is 12.0.